The molecule has 0 saturated carbocycles. The van der Waals surface area contributed by atoms with Crippen molar-refractivity contribution in [1.29, 1.82) is 0 Å². The Morgan fingerprint density at radius 2 is 2.33 bits per heavy atom. The van der Waals surface area contributed by atoms with Crippen molar-refractivity contribution in [2.45, 2.75) is 0 Å². The van der Waals surface area contributed by atoms with E-state index >= 15 is 0 Å². The largest absolute Gasteiger partial charge is 0.439 e. The summed E-state index contributed by atoms with van der Waals surface area (Å²) in [6, 6.07) is 3.48. The summed E-state index contributed by atoms with van der Waals surface area (Å²) in [5, 5.41) is 2.41. The summed E-state index contributed by atoms with van der Waals surface area (Å²) in [7, 11) is 0. The Morgan fingerprint density at radius 3 is 2.83 bits per heavy atom. The number of thiophene rings is 1. The number of cyclic esters (lactones) is 1. The monoisotopic (exact) mass is 183 g/mol. The van der Waals surface area contributed by atoms with Gasteiger partial charge in [-0.3, -0.25) is 4.79 Å². The molecule has 1 aliphatic rings. The third-order valence-corrected chi connectivity index (χ3v) is 2.33. The number of carbonyl (C=O) groups excluding carboxylic acids is 2. The fraction of sp³-hybridized carbons (Fsp3) is 0.143. The molecule has 0 unspecified atom stereocenters. The Hall–Kier alpha value is -1.36. The molecule has 62 valence electrons. The fourth-order valence-electron chi connectivity index (χ4n) is 0.964. The van der Waals surface area contributed by atoms with Crippen LogP contribution in [-0.4, -0.2) is 18.6 Å². The average molecular weight is 183 g/mol. The Morgan fingerprint density at radius 1 is 1.50 bits per heavy atom. The summed E-state index contributed by atoms with van der Waals surface area (Å²) in [5.41, 5.74) is 0. The molecule has 0 bridgehead atoms. The molecule has 0 N–H and O–H groups in total. The van der Waals surface area contributed by atoms with Crippen LogP contribution in [0.15, 0.2) is 17.5 Å². The number of ether oxygens (including phenoxy) is 1. The maximum absolute atomic E-state index is 11.1. The van der Waals surface area contributed by atoms with E-state index in [1.807, 2.05) is 0 Å². The first-order chi connectivity index (χ1) is 5.79. The number of rotatable bonds is 1. The quantitative estimate of drug-likeness (QED) is 0.657. The van der Waals surface area contributed by atoms with Gasteiger partial charge in [-0.15, -0.1) is 11.3 Å². The van der Waals surface area contributed by atoms with E-state index in [1.54, 1.807) is 17.5 Å². The van der Waals surface area contributed by atoms with Crippen LogP contribution in [0.1, 0.15) is 0 Å². The first kappa shape index (κ1) is 7.30. The van der Waals surface area contributed by atoms with Gasteiger partial charge in [-0.25, -0.2) is 9.69 Å². The highest BCUT2D eigenvalue weighted by Gasteiger charge is 2.32. The van der Waals surface area contributed by atoms with Gasteiger partial charge in [0.25, 0.3) is 5.91 Å². The van der Waals surface area contributed by atoms with E-state index in [0.29, 0.717) is 5.00 Å². The van der Waals surface area contributed by atoms with Crippen LogP contribution in [0, 0.1) is 0 Å². The number of anilines is 1. The van der Waals surface area contributed by atoms with Crippen molar-refractivity contribution in [2.75, 3.05) is 11.5 Å². The van der Waals surface area contributed by atoms with Gasteiger partial charge in [-0.2, -0.15) is 0 Å². The molecular weight excluding hydrogens is 178 g/mol. The number of hydrogen-bond acceptors (Lipinski definition) is 4. The van der Waals surface area contributed by atoms with E-state index < -0.39 is 6.09 Å². The second-order valence-electron chi connectivity index (χ2n) is 2.24. The van der Waals surface area contributed by atoms with Crippen LogP contribution in [0.25, 0.3) is 0 Å². The zero-order valence-corrected chi connectivity index (χ0v) is 6.84. The summed E-state index contributed by atoms with van der Waals surface area (Å²) >= 11 is 1.33. The Balaban J connectivity index is 2.34. The molecule has 1 fully saturated rings. The lowest BCUT2D eigenvalue weighted by Crippen LogP contribution is -2.27. The van der Waals surface area contributed by atoms with E-state index in [2.05, 4.69) is 4.74 Å². The maximum Gasteiger partial charge on any atom is 0.422 e. The predicted octanol–water partition coefficient (Wildman–Crippen LogP) is 1.23. The molecule has 0 aromatic carbocycles. The van der Waals surface area contributed by atoms with E-state index in [9.17, 15) is 9.59 Å². The lowest BCUT2D eigenvalue weighted by molar-refractivity contribution is -0.117. The summed E-state index contributed by atoms with van der Waals surface area (Å²) in [5.74, 6) is -0.303. The van der Waals surface area contributed by atoms with E-state index in [4.69, 9.17) is 0 Å². The lowest BCUT2D eigenvalue weighted by atomic mass is 10.5. The Labute approximate surface area is 72.4 Å². The standard InChI is InChI=1S/C7H5NO3S/c9-5-4-11-7(10)8(5)6-2-1-3-12-6/h1-3H,4H2. The zero-order chi connectivity index (χ0) is 8.55. The van der Waals surface area contributed by atoms with Crippen molar-refractivity contribution in [2.24, 2.45) is 0 Å². The van der Waals surface area contributed by atoms with E-state index in [1.165, 1.54) is 11.3 Å². The topological polar surface area (TPSA) is 46.6 Å². The normalized spacial score (nSPS) is 16.8. The Bertz CT molecular complexity index is 303. The molecular formula is C7H5NO3S. The smallest absolute Gasteiger partial charge is 0.422 e. The molecule has 5 heteroatoms. The van der Waals surface area contributed by atoms with Gasteiger partial charge in [-0.1, -0.05) is 0 Å². The SMILES string of the molecule is O=C1COC(=O)N1c1cccs1. The highest BCUT2D eigenvalue weighted by Crippen LogP contribution is 2.24. The van der Waals surface area contributed by atoms with Gasteiger partial charge >= 0.3 is 6.09 Å². The van der Waals surface area contributed by atoms with Crippen molar-refractivity contribution in [1.82, 2.24) is 0 Å². The summed E-state index contributed by atoms with van der Waals surface area (Å²) < 4.78 is 4.55. The predicted molar refractivity (Wildman–Crippen MR) is 43.2 cm³/mol. The van der Waals surface area contributed by atoms with Gasteiger partial charge in [0.05, 0.1) is 0 Å². The minimum Gasteiger partial charge on any atom is -0.439 e. The summed E-state index contributed by atoms with van der Waals surface area (Å²) in [6.45, 7) is -0.142. The number of carbonyl (C=O) groups is 2. The second kappa shape index (κ2) is 2.60. The summed E-state index contributed by atoms with van der Waals surface area (Å²) in [4.78, 5) is 23.1. The minimum absolute atomic E-state index is 0.142. The van der Waals surface area contributed by atoms with Gasteiger partial charge in [0.15, 0.2) is 6.61 Å². The fourth-order valence-corrected chi connectivity index (χ4v) is 1.70. The van der Waals surface area contributed by atoms with Gasteiger partial charge in [0, 0.05) is 0 Å². The molecule has 0 radical (unpaired) electrons. The molecule has 4 nitrogen and oxygen atoms in total. The molecule has 0 spiro atoms. The van der Waals surface area contributed by atoms with E-state index in [-0.39, 0.29) is 12.5 Å². The minimum atomic E-state index is -0.581. The third-order valence-electron chi connectivity index (χ3n) is 1.48. The van der Waals surface area contributed by atoms with Crippen LogP contribution in [0.4, 0.5) is 9.80 Å². The number of imide groups is 1. The molecule has 12 heavy (non-hydrogen) atoms. The number of amides is 2. The maximum atomic E-state index is 11.1. The molecule has 1 aromatic rings. The molecule has 0 atom stereocenters. The van der Waals surface area contributed by atoms with E-state index in [0.717, 1.165) is 4.90 Å². The van der Waals surface area contributed by atoms with Crippen LogP contribution in [0.5, 0.6) is 0 Å². The van der Waals surface area contributed by atoms with Crippen molar-refractivity contribution < 1.29 is 14.3 Å². The number of nitrogens with zero attached hydrogens (tertiary/aromatic N) is 1. The third kappa shape index (κ3) is 0.984. The zero-order valence-electron chi connectivity index (χ0n) is 6.02. The first-order valence-corrected chi connectivity index (χ1v) is 4.20. The molecule has 2 heterocycles. The molecule has 2 amide bonds. The molecule has 1 saturated heterocycles. The van der Waals surface area contributed by atoms with Crippen molar-refractivity contribution >= 4 is 28.3 Å². The van der Waals surface area contributed by atoms with Crippen LogP contribution in [-0.2, 0) is 9.53 Å². The first-order valence-electron chi connectivity index (χ1n) is 3.32. The lowest BCUT2D eigenvalue weighted by Gasteiger charge is -2.05. The molecule has 0 aliphatic carbocycles. The summed E-state index contributed by atoms with van der Waals surface area (Å²) in [6.07, 6.45) is -0.581. The van der Waals surface area contributed by atoms with Gasteiger partial charge < -0.3 is 4.74 Å². The van der Waals surface area contributed by atoms with Crippen LogP contribution >= 0.6 is 11.3 Å². The highest BCUT2D eigenvalue weighted by molar-refractivity contribution is 7.14. The van der Waals surface area contributed by atoms with Gasteiger partial charge in [-0.05, 0) is 17.5 Å². The second-order valence-corrected chi connectivity index (χ2v) is 3.16. The number of hydrogen-bond donors (Lipinski definition) is 0. The van der Waals surface area contributed by atoms with Crippen molar-refractivity contribution in [3.8, 4) is 0 Å². The van der Waals surface area contributed by atoms with Crippen molar-refractivity contribution in [3.63, 3.8) is 0 Å². The van der Waals surface area contributed by atoms with Gasteiger partial charge in [0.1, 0.15) is 5.00 Å². The van der Waals surface area contributed by atoms with Crippen molar-refractivity contribution in [3.05, 3.63) is 17.5 Å². The van der Waals surface area contributed by atoms with Crippen LogP contribution in [0.2, 0.25) is 0 Å². The van der Waals surface area contributed by atoms with Crippen LogP contribution in [0.3, 0.4) is 0 Å². The van der Waals surface area contributed by atoms with Gasteiger partial charge in [0.2, 0.25) is 0 Å². The molecule has 1 aliphatic heterocycles. The highest BCUT2D eigenvalue weighted by atomic mass is 32.1. The Kier molecular flexibility index (Phi) is 1.58. The molecule has 2 rings (SSSR count). The average Bonchev–Trinajstić information content (AvgIpc) is 2.61. The molecule has 1 aromatic heterocycles. The van der Waals surface area contributed by atoms with Crippen LogP contribution < -0.4 is 4.90 Å².